The molecule has 0 aromatic rings. The van der Waals surface area contributed by atoms with Gasteiger partial charge >= 0.3 is 71.5 Å². The van der Waals surface area contributed by atoms with Gasteiger partial charge in [0.05, 0.1) is 35.5 Å². The highest BCUT2D eigenvalue weighted by Gasteiger charge is 2.75. The van der Waals surface area contributed by atoms with Crippen molar-refractivity contribution in [1.29, 1.82) is 0 Å². The van der Waals surface area contributed by atoms with E-state index in [0.29, 0.717) is 70.1 Å². The molecule has 15 aliphatic carbocycles. The quantitative estimate of drug-likeness (QED) is 0.0893. The predicted octanol–water partition coefficient (Wildman–Crippen LogP) is 9.64. The summed E-state index contributed by atoms with van der Waals surface area (Å²) in [4.78, 5) is 113. The molecule has 0 aromatic heterocycles. The van der Waals surface area contributed by atoms with E-state index >= 15 is 0 Å². The van der Waals surface area contributed by atoms with Crippen LogP contribution in [0.5, 0.6) is 0 Å². The molecule has 18 nitrogen and oxygen atoms in total. The van der Waals surface area contributed by atoms with Crippen LogP contribution in [-0.4, -0.2) is 125 Å². The number of carbonyl (C=O) groups excluding carboxylic acids is 9. The fourth-order valence-corrected chi connectivity index (χ4v) is 22.7. The van der Waals surface area contributed by atoms with Crippen LogP contribution in [0.1, 0.15) is 170 Å². The number of ether oxygens (including phenoxy) is 9. The minimum atomic E-state index is -3.65. The van der Waals surface area contributed by atoms with Crippen molar-refractivity contribution in [2.75, 3.05) is 0 Å². The van der Waals surface area contributed by atoms with Crippen LogP contribution < -0.4 is 0 Å². The van der Waals surface area contributed by atoms with Crippen molar-refractivity contribution in [1.82, 2.24) is 0 Å². The molecule has 24 heteroatoms. The number of esters is 9. The highest BCUT2D eigenvalue weighted by molar-refractivity contribution is 5.89. The summed E-state index contributed by atoms with van der Waals surface area (Å²) in [5.41, 5.74) is -1.57. The topological polar surface area (TPSA) is 237 Å². The zero-order valence-corrected chi connectivity index (χ0v) is 52.3. The lowest BCUT2D eigenvalue weighted by molar-refractivity contribution is -0.218. The molecule has 3 heterocycles. The maximum absolute atomic E-state index is 13.6. The van der Waals surface area contributed by atoms with Gasteiger partial charge < -0.3 is 42.6 Å². The Bertz CT molecular complexity index is 2960. The first-order valence-electron chi connectivity index (χ1n) is 33.9. The van der Waals surface area contributed by atoms with Crippen LogP contribution >= 0.6 is 0 Å². The van der Waals surface area contributed by atoms with Crippen LogP contribution in [-0.2, 0) is 85.8 Å². The number of rotatable bonds is 14. The van der Waals surface area contributed by atoms with Crippen LogP contribution in [0.25, 0.3) is 0 Å². The van der Waals surface area contributed by atoms with Gasteiger partial charge in [-0.2, -0.15) is 26.3 Å². The molecular weight excluding hydrogens is 1210 g/mol. The number of alkyl halides is 6. The molecule has 0 aromatic carbocycles. The van der Waals surface area contributed by atoms with Gasteiger partial charge in [0.2, 0.25) is 0 Å². The molecule has 91 heavy (non-hydrogen) atoms. The molecule has 18 unspecified atom stereocenters. The van der Waals surface area contributed by atoms with Crippen LogP contribution in [0, 0.1) is 118 Å². The maximum Gasteiger partial charge on any atom is 0.377 e. The number of fused-ring (bicyclic) bond motifs is 3. The Balaban J connectivity index is 0.000000119. The lowest BCUT2D eigenvalue weighted by atomic mass is 9.49. The summed E-state index contributed by atoms with van der Waals surface area (Å²) < 4.78 is 130. The molecule has 18 rings (SSSR count). The summed E-state index contributed by atoms with van der Waals surface area (Å²) in [6, 6.07) is 0. The fraction of sp³-hybridized carbons (Fsp3) is 0.866. The average molecular weight is 1290 g/mol. The molecule has 14 bridgehead atoms. The van der Waals surface area contributed by atoms with Gasteiger partial charge in [-0.15, -0.1) is 0 Å². The van der Waals surface area contributed by atoms with E-state index in [4.69, 9.17) is 42.6 Å². The van der Waals surface area contributed by atoms with E-state index in [1.165, 1.54) is 12.8 Å². The highest BCUT2D eigenvalue weighted by atomic mass is 19.3. The number of hydrogen-bond donors (Lipinski definition) is 0. The van der Waals surface area contributed by atoms with Crippen molar-refractivity contribution in [2.45, 2.75) is 241 Å². The van der Waals surface area contributed by atoms with Gasteiger partial charge in [-0.1, -0.05) is 20.3 Å². The standard InChI is InChI=1S/C24H30F2O6.C23H28F2O6.C20H26F2O6/c1-3-24(12-5-10-4-11(7-12)8-13(24)6-10)32-21(28)17-15-9-14-16(17)20(27)30-18(14)19(15)31-22(29)23(2,25)26;1-22(11-4-9-3-10(6-11)7-12(22)5-9)31-20(27)16-14-8-13-15(16)19(26)29-17(13)18(14)30-21(28)23(2,24)25;1-3-20(7-5-4-6-8-20)28-17(24)13-11-9-10-12(13)16(23)26-14(10)15(11)27-18(25)19(2,21)22/h10-19H,3-9H2,1-2H3;9-18H,3-8H2,1-2H3;10-15H,3-9H2,1-2H3. The van der Waals surface area contributed by atoms with Gasteiger partial charge in [-0.05, 0) is 176 Å². The van der Waals surface area contributed by atoms with Crippen molar-refractivity contribution in [3.63, 3.8) is 0 Å². The SMILES string of the molecule is CC(F)(F)C(=O)OC1C2CC3C1OC(=O)C3C2C(=O)OC1(C)C2CC3CC(C2)CC1C3.CCC1(OC(=O)C2C3CC4C(OC(=O)C42)C3OC(=O)C(C)(F)F)C2CC3CC(C2)CC1C3.CCC1(OC(=O)C2C3CC4C(OC(=O)C42)C3OC(=O)C(C)(F)F)CCCCC1. The molecule has 502 valence electrons. The van der Waals surface area contributed by atoms with E-state index in [2.05, 4.69) is 6.92 Å². The third kappa shape index (κ3) is 10.1. The van der Waals surface area contributed by atoms with Crippen LogP contribution in [0.3, 0.4) is 0 Å². The fourth-order valence-electron chi connectivity index (χ4n) is 22.7. The van der Waals surface area contributed by atoms with Crippen molar-refractivity contribution < 1.29 is 112 Å². The van der Waals surface area contributed by atoms with Crippen molar-refractivity contribution in [3.05, 3.63) is 0 Å². The van der Waals surface area contributed by atoms with Gasteiger partial charge in [0.1, 0.15) is 53.4 Å². The van der Waals surface area contributed by atoms with Gasteiger partial charge in [0.25, 0.3) is 0 Å². The zero-order chi connectivity index (χ0) is 64.7. The smallest absolute Gasteiger partial charge is 0.377 e. The molecule has 3 saturated heterocycles. The largest absolute Gasteiger partial charge is 0.459 e. The Kier molecular flexibility index (Phi) is 15.2. The van der Waals surface area contributed by atoms with Crippen molar-refractivity contribution in [3.8, 4) is 0 Å². The minimum Gasteiger partial charge on any atom is -0.459 e. The summed E-state index contributed by atoms with van der Waals surface area (Å²) in [5.74, 6) is -21.2. The van der Waals surface area contributed by atoms with Gasteiger partial charge in [0.15, 0.2) is 0 Å². The van der Waals surface area contributed by atoms with E-state index in [1.54, 1.807) is 0 Å². The summed E-state index contributed by atoms with van der Waals surface area (Å²) in [5, 5.41) is 0. The summed E-state index contributed by atoms with van der Waals surface area (Å²) in [7, 11) is 0. The van der Waals surface area contributed by atoms with Crippen molar-refractivity contribution >= 4 is 53.7 Å². The lowest BCUT2D eigenvalue weighted by Gasteiger charge is -2.60. The molecule has 18 aliphatic rings. The summed E-state index contributed by atoms with van der Waals surface area (Å²) >= 11 is 0. The molecule has 18 fully saturated rings. The molecule has 0 spiro atoms. The molecule has 3 aliphatic heterocycles. The first-order valence-corrected chi connectivity index (χ1v) is 33.9. The Morgan fingerprint density at radius 1 is 0.429 bits per heavy atom. The second-order valence-corrected chi connectivity index (χ2v) is 31.3. The van der Waals surface area contributed by atoms with Crippen molar-refractivity contribution in [2.24, 2.45) is 118 Å². The minimum absolute atomic E-state index is 0.287. The highest BCUT2D eigenvalue weighted by Crippen LogP contribution is 2.66. The average Bonchev–Trinajstić information content (AvgIpc) is 1.64. The Labute approximate surface area is 523 Å². The van der Waals surface area contributed by atoms with Gasteiger partial charge in [-0.3, -0.25) is 28.8 Å². The molecule has 15 saturated carbocycles. The molecule has 18 atom stereocenters. The summed E-state index contributed by atoms with van der Waals surface area (Å²) in [6.07, 6.45) is 13.4. The normalized spacial score (nSPS) is 46.7. The van der Waals surface area contributed by atoms with Gasteiger partial charge in [-0.25, -0.2) is 14.4 Å². The van der Waals surface area contributed by atoms with Crippen LogP contribution in [0.2, 0.25) is 0 Å². The Morgan fingerprint density at radius 3 is 1.07 bits per heavy atom. The molecule has 0 N–H and O–H groups in total. The van der Waals surface area contributed by atoms with E-state index in [-0.39, 0.29) is 17.8 Å². The van der Waals surface area contributed by atoms with Gasteiger partial charge in [0, 0.05) is 56.3 Å². The third-order valence-electron chi connectivity index (χ3n) is 26.4. The predicted molar refractivity (Wildman–Crippen MR) is 297 cm³/mol. The second-order valence-electron chi connectivity index (χ2n) is 31.3. The molecular formula is C67H84F6O18. The number of carbonyl (C=O) groups is 9. The van der Waals surface area contributed by atoms with Crippen LogP contribution in [0.4, 0.5) is 26.3 Å². The Hall–Kier alpha value is -5.19. The first-order chi connectivity index (χ1) is 42.8. The zero-order valence-electron chi connectivity index (χ0n) is 52.3. The summed E-state index contributed by atoms with van der Waals surface area (Å²) in [6.45, 7) is 7.51. The number of halogens is 6. The van der Waals surface area contributed by atoms with E-state index in [0.717, 1.165) is 114 Å². The van der Waals surface area contributed by atoms with E-state index in [1.807, 2.05) is 13.8 Å². The number of hydrogen-bond acceptors (Lipinski definition) is 18. The lowest BCUT2D eigenvalue weighted by Crippen LogP contribution is -2.60. The van der Waals surface area contributed by atoms with E-state index in [9.17, 15) is 69.5 Å². The monoisotopic (exact) mass is 1290 g/mol. The molecule has 0 radical (unpaired) electrons. The first kappa shape index (κ1) is 63.2. The second kappa shape index (κ2) is 21.9. The van der Waals surface area contributed by atoms with Crippen LogP contribution in [0.15, 0.2) is 0 Å². The van der Waals surface area contributed by atoms with E-state index < -0.39 is 178 Å². The maximum atomic E-state index is 13.6. The molecule has 0 amide bonds. The third-order valence-corrected chi connectivity index (χ3v) is 26.4. The Morgan fingerprint density at radius 2 is 0.747 bits per heavy atom.